The summed E-state index contributed by atoms with van der Waals surface area (Å²) in [4.78, 5) is 0. The quantitative estimate of drug-likeness (QED) is 0.762. The molecule has 0 radical (unpaired) electrons. The maximum atomic E-state index is 12.9. The van der Waals surface area contributed by atoms with Crippen molar-refractivity contribution in [2.45, 2.75) is 18.6 Å². The van der Waals surface area contributed by atoms with E-state index in [9.17, 15) is 4.39 Å². The summed E-state index contributed by atoms with van der Waals surface area (Å²) >= 11 is 0. The molecule has 1 saturated heterocycles. The molecule has 84 valence electrons. The van der Waals surface area contributed by atoms with Crippen molar-refractivity contribution in [2.75, 3.05) is 6.61 Å². The molecule has 0 N–H and O–H groups in total. The molecule has 3 heteroatoms. The van der Waals surface area contributed by atoms with Gasteiger partial charge in [-0.25, -0.2) is 4.39 Å². The SMILES string of the molecule is C=C1COC(c2ccc(F)cc2)(C2CC2)O1. The van der Waals surface area contributed by atoms with E-state index in [0.717, 1.165) is 18.4 Å². The van der Waals surface area contributed by atoms with Crippen molar-refractivity contribution in [2.24, 2.45) is 5.92 Å². The molecule has 2 aliphatic rings. The predicted molar refractivity (Wildman–Crippen MR) is 57.0 cm³/mol. The van der Waals surface area contributed by atoms with Crippen LogP contribution in [0.1, 0.15) is 18.4 Å². The van der Waals surface area contributed by atoms with Crippen molar-refractivity contribution in [1.82, 2.24) is 0 Å². The molecule has 1 aliphatic heterocycles. The Morgan fingerprint density at radius 2 is 1.94 bits per heavy atom. The summed E-state index contributed by atoms with van der Waals surface area (Å²) in [5.41, 5.74) is 0.884. The van der Waals surface area contributed by atoms with E-state index in [4.69, 9.17) is 9.47 Å². The maximum Gasteiger partial charge on any atom is 0.240 e. The highest BCUT2D eigenvalue weighted by atomic mass is 19.1. The van der Waals surface area contributed by atoms with Gasteiger partial charge in [-0.1, -0.05) is 6.58 Å². The van der Waals surface area contributed by atoms with Crippen molar-refractivity contribution in [3.63, 3.8) is 0 Å². The number of ether oxygens (including phenoxy) is 2. The third kappa shape index (κ3) is 1.43. The molecule has 3 rings (SSSR count). The van der Waals surface area contributed by atoms with Crippen LogP contribution in [0.2, 0.25) is 0 Å². The molecular weight excluding hydrogens is 207 g/mol. The molecule has 0 spiro atoms. The number of hydrogen-bond acceptors (Lipinski definition) is 2. The van der Waals surface area contributed by atoms with Crippen LogP contribution in [0.15, 0.2) is 36.6 Å². The van der Waals surface area contributed by atoms with E-state index in [1.54, 1.807) is 12.1 Å². The van der Waals surface area contributed by atoms with Gasteiger partial charge in [-0.05, 0) is 37.1 Å². The number of benzene rings is 1. The first-order valence-electron chi connectivity index (χ1n) is 5.47. The highest BCUT2D eigenvalue weighted by Gasteiger charge is 2.53. The zero-order valence-corrected chi connectivity index (χ0v) is 8.91. The molecule has 1 aromatic rings. The number of halogens is 1. The molecule has 1 unspecified atom stereocenters. The van der Waals surface area contributed by atoms with Gasteiger partial charge in [-0.15, -0.1) is 0 Å². The van der Waals surface area contributed by atoms with Gasteiger partial charge in [0.1, 0.15) is 18.2 Å². The van der Waals surface area contributed by atoms with E-state index in [-0.39, 0.29) is 5.82 Å². The topological polar surface area (TPSA) is 18.5 Å². The Bertz CT molecular complexity index is 422. The summed E-state index contributed by atoms with van der Waals surface area (Å²) in [7, 11) is 0. The van der Waals surface area contributed by atoms with Gasteiger partial charge in [-0.2, -0.15) is 0 Å². The van der Waals surface area contributed by atoms with E-state index in [1.807, 2.05) is 0 Å². The summed E-state index contributed by atoms with van der Waals surface area (Å²) in [5, 5.41) is 0. The van der Waals surface area contributed by atoms with E-state index in [2.05, 4.69) is 6.58 Å². The fourth-order valence-electron chi connectivity index (χ4n) is 2.19. The first-order valence-corrected chi connectivity index (χ1v) is 5.47. The molecule has 1 aromatic carbocycles. The molecule has 0 aromatic heterocycles. The lowest BCUT2D eigenvalue weighted by Crippen LogP contribution is -2.29. The second-order valence-corrected chi connectivity index (χ2v) is 4.38. The number of hydrogen-bond donors (Lipinski definition) is 0. The Hall–Kier alpha value is -1.35. The molecule has 1 saturated carbocycles. The van der Waals surface area contributed by atoms with Crippen LogP contribution in [0.3, 0.4) is 0 Å². The maximum absolute atomic E-state index is 12.9. The first kappa shape index (κ1) is 9.85. The van der Waals surface area contributed by atoms with Gasteiger partial charge in [0, 0.05) is 11.5 Å². The fourth-order valence-corrected chi connectivity index (χ4v) is 2.19. The fraction of sp³-hybridized carbons (Fsp3) is 0.385. The molecule has 1 atom stereocenters. The molecule has 0 amide bonds. The van der Waals surface area contributed by atoms with Gasteiger partial charge in [0.15, 0.2) is 0 Å². The summed E-state index contributed by atoms with van der Waals surface area (Å²) < 4.78 is 24.4. The minimum Gasteiger partial charge on any atom is -0.460 e. The Labute approximate surface area is 93.7 Å². The first-order chi connectivity index (χ1) is 7.71. The standard InChI is InChI=1S/C13H13FO2/c1-9-8-15-13(16-9,10-2-3-10)11-4-6-12(14)7-5-11/h4-7,10H,1-3,8H2. The zero-order chi connectivity index (χ0) is 11.2. The lowest BCUT2D eigenvalue weighted by atomic mass is 10.0. The van der Waals surface area contributed by atoms with Crippen LogP contribution in [0.5, 0.6) is 0 Å². The average Bonchev–Trinajstić information content (AvgIpc) is 3.05. The van der Waals surface area contributed by atoms with E-state index < -0.39 is 5.79 Å². The van der Waals surface area contributed by atoms with Crippen LogP contribution in [0.25, 0.3) is 0 Å². The molecule has 16 heavy (non-hydrogen) atoms. The van der Waals surface area contributed by atoms with Crippen molar-refractivity contribution in [3.05, 3.63) is 48.0 Å². The van der Waals surface area contributed by atoms with Gasteiger partial charge < -0.3 is 9.47 Å². The van der Waals surface area contributed by atoms with Crippen LogP contribution in [0.4, 0.5) is 4.39 Å². The van der Waals surface area contributed by atoms with E-state index in [1.165, 1.54) is 12.1 Å². The lowest BCUT2D eigenvalue weighted by molar-refractivity contribution is -0.173. The summed E-state index contributed by atoms with van der Waals surface area (Å²) in [6.07, 6.45) is 2.18. The van der Waals surface area contributed by atoms with Gasteiger partial charge in [0.05, 0.1) is 0 Å². The third-order valence-electron chi connectivity index (χ3n) is 3.10. The molecule has 1 heterocycles. The normalized spacial score (nSPS) is 29.2. The third-order valence-corrected chi connectivity index (χ3v) is 3.10. The smallest absolute Gasteiger partial charge is 0.240 e. The van der Waals surface area contributed by atoms with Crippen LogP contribution < -0.4 is 0 Å². The van der Waals surface area contributed by atoms with Crippen LogP contribution in [-0.4, -0.2) is 6.61 Å². The van der Waals surface area contributed by atoms with Gasteiger partial charge in [-0.3, -0.25) is 0 Å². The zero-order valence-electron chi connectivity index (χ0n) is 8.91. The second-order valence-electron chi connectivity index (χ2n) is 4.38. The van der Waals surface area contributed by atoms with Crippen molar-refractivity contribution < 1.29 is 13.9 Å². The number of rotatable bonds is 2. The highest BCUT2D eigenvalue weighted by Crippen LogP contribution is 2.52. The summed E-state index contributed by atoms with van der Waals surface area (Å²) in [6.45, 7) is 4.21. The van der Waals surface area contributed by atoms with Gasteiger partial charge in [0.2, 0.25) is 5.79 Å². The van der Waals surface area contributed by atoms with Crippen LogP contribution >= 0.6 is 0 Å². The van der Waals surface area contributed by atoms with Crippen LogP contribution in [0, 0.1) is 11.7 Å². The molecule has 2 fully saturated rings. The molecule has 1 aliphatic carbocycles. The van der Waals surface area contributed by atoms with Crippen molar-refractivity contribution >= 4 is 0 Å². The largest absolute Gasteiger partial charge is 0.460 e. The Morgan fingerprint density at radius 3 is 2.44 bits per heavy atom. The Morgan fingerprint density at radius 1 is 1.25 bits per heavy atom. The molecule has 2 nitrogen and oxygen atoms in total. The minimum atomic E-state index is -0.704. The second kappa shape index (κ2) is 3.32. The van der Waals surface area contributed by atoms with Crippen LogP contribution in [-0.2, 0) is 15.3 Å². The average molecular weight is 220 g/mol. The summed E-state index contributed by atoms with van der Waals surface area (Å²) in [6, 6.07) is 6.33. The van der Waals surface area contributed by atoms with Gasteiger partial charge >= 0.3 is 0 Å². The van der Waals surface area contributed by atoms with E-state index in [0.29, 0.717) is 18.3 Å². The summed E-state index contributed by atoms with van der Waals surface area (Å²) in [5.74, 6) is 0.0741. The Kier molecular flexibility index (Phi) is 2.04. The predicted octanol–water partition coefficient (Wildman–Crippen LogP) is 2.95. The van der Waals surface area contributed by atoms with Crippen molar-refractivity contribution in [1.29, 1.82) is 0 Å². The molecular formula is C13H13FO2. The highest BCUT2D eigenvalue weighted by molar-refractivity contribution is 5.25. The van der Waals surface area contributed by atoms with Crippen molar-refractivity contribution in [3.8, 4) is 0 Å². The van der Waals surface area contributed by atoms with Gasteiger partial charge in [0.25, 0.3) is 0 Å². The minimum absolute atomic E-state index is 0.244. The Balaban J connectivity index is 2.00. The molecule has 0 bridgehead atoms. The lowest BCUT2D eigenvalue weighted by Gasteiger charge is -2.27. The van der Waals surface area contributed by atoms with E-state index >= 15 is 0 Å². The monoisotopic (exact) mass is 220 g/mol.